The minimum Gasteiger partial charge on any atom is -0.374 e. The van der Waals surface area contributed by atoms with E-state index in [4.69, 9.17) is 19.0 Å². The zero-order chi connectivity index (χ0) is 13.4. The highest BCUT2D eigenvalue weighted by molar-refractivity contribution is 6.60. The first-order valence-electron chi connectivity index (χ1n) is 6.57. The van der Waals surface area contributed by atoms with Crippen molar-refractivity contribution in [2.24, 2.45) is 11.1 Å². The molecule has 0 unspecified atom stereocenters. The zero-order valence-corrected chi connectivity index (χ0v) is 13.0. The van der Waals surface area contributed by atoms with Gasteiger partial charge < -0.3 is 19.0 Å². The lowest BCUT2D eigenvalue weighted by Crippen LogP contribution is -2.47. The molecule has 4 nitrogen and oxygen atoms in total. The number of hydrogen-bond donors (Lipinski definition) is 1. The fourth-order valence-electron chi connectivity index (χ4n) is 1.59. The molecule has 0 bridgehead atoms. The van der Waals surface area contributed by atoms with E-state index in [0.717, 1.165) is 12.5 Å². The Kier molecular flexibility index (Phi) is 8.24. The van der Waals surface area contributed by atoms with Crippen molar-refractivity contribution >= 4 is 8.80 Å². The van der Waals surface area contributed by atoms with Gasteiger partial charge in [0.15, 0.2) is 0 Å². The molecule has 0 aromatic heterocycles. The highest BCUT2D eigenvalue weighted by Crippen LogP contribution is 2.27. The molecule has 0 aliphatic rings. The molecule has 17 heavy (non-hydrogen) atoms. The topological polar surface area (TPSA) is 53.7 Å². The predicted molar refractivity (Wildman–Crippen MR) is 72.9 cm³/mol. The summed E-state index contributed by atoms with van der Waals surface area (Å²) >= 11 is 0. The van der Waals surface area contributed by atoms with Crippen molar-refractivity contribution in [3.63, 3.8) is 0 Å². The van der Waals surface area contributed by atoms with Crippen LogP contribution in [0.5, 0.6) is 0 Å². The van der Waals surface area contributed by atoms with E-state index in [2.05, 4.69) is 13.8 Å². The molecule has 0 aromatic rings. The average molecular weight is 263 g/mol. The molecule has 104 valence electrons. The van der Waals surface area contributed by atoms with Crippen LogP contribution in [0.3, 0.4) is 0 Å². The van der Waals surface area contributed by atoms with Gasteiger partial charge in [-0.3, -0.25) is 0 Å². The Bertz CT molecular complexity index is 183. The van der Waals surface area contributed by atoms with Gasteiger partial charge in [0.05, 0.1) is 0 Å². The predicted octanol–water partition coefficient (Wildman–Crippen LogP) is 2.41. The van der Waals surface area contributed by atoms with E-state index in [9.17, 15) is 0 Å². The van der Waals surface area contributed by atoms with Gasteiger partial charge in [-0.25, -0.2) is 0 Å². The summed E-state index contributed by atoms with van der Waals surface area (Å²) in [6, 6.07) is 0.840. The second kappa shape index (κ2) is 8.21. The monoisotopic (exact) mass is 263 g/mol. The average Bonchev–Trinajstić information content (AvgIpc) is 2.28. The summed E-state index contributed by atoms with van der Waals surface area (Å²) < 4.78 is 17.4. The van der Waals surface area contributed by atoms with E-state index >= 15 is 0 Å². The molecule has 0 radical (unpaired) electrons. The van der Waals surface area contributed by atoms with Crippen LogP contribution < -0.4 is 5.73 Å². The van der Waals surface area contributed by atoms with Crippen molar-refractivity contribution in [1.29, 1.82) is 0 Å². The van der Waals surface area contributed by atoms with E-state index in [1.165, 1.54) is 0 Å². The third kappa shape index (κ3) is 6.52. The fourth-order valence-corrected chi connectivity index (χ4v) is 4.58. The summed E-state index contributed by atoms with van der Waals surface area (Å²) in [7, 11) is -2.48. The molecule has 0 atom stereocenters. The number of hydrogen-bond acceptors (Lipinski definition) is 4. The molecular formula is C12H29NO3Si. The lowest BCUT2D eigenvalue weighted by molar-refractivity contribution is 0.0679. The Morgan fingerprint density at radius 3 is 1.65 bits per heavy atom. The highest BCUT2D eigenvalue weighted by Gasteiger charge is 2.41. The van der Waals surface area contributed by atoms with E-state index in [-0.39, 0.29) is 5.41 Å². The van der Waals surface area contributed by atoms with Crippen molar-refractivity contribution in [3.8, 4) is 0 Å². The Morgan fingerprint density at radius 2 is 1.35 bits per heavy atom. The summed E-state index contributed by atoms with van der Waals surface area (Å²) in [5.41, 5.74) is 5.87. The van der Waals surface area contributed by atoms with Crippen LogP contribution in [0.25, 0.3) is 0 Å². The first-order valence-corrected chi connectivity index (χ1v) is 8.50. The second-order valence-electron chi connectivity index (χ2n) is 4.85. The molecule has 0 fully saturated rings. The molecular weight excluding hydrogens is 234 g/mol. The van der Waals surface area contributed by atoms with Crippen LogP contribution in [0, 0.1) is 5.41 Å². The van der Waals surface area contributed by atoms with Crippen molar-refractivity contribution < 1.29 is 13.3 Å². The van der Waals surface area contributed by atoms with Crippen molar-refractivity contribution in [2.75, 3.05) is 26.4 Å². The number of rotatable bonds is 10. The van der Waals surface area contributed by atoms with Gasteiger partial charge in [-0.1, -0.05) is 13.8 Å². The third-order valence-electron chi connectivity index (χ3n) is 2.75. The van der Waals surface area contributed by atoms with E-state index in [0.29, 0.717) is 26.4 Å². The quantitative estimate of drug-likeness (QED) is 0.615. The van der Waals surface area contributed by atoms with Crippen LogP contribution in [0.4, 0.5) is 0 Å². The van der Waals surface area contributed by atoms with Gasteiger partial charge in [-0.15, -0.1) is 0 Å². The van der Waals surface area contributed by atoms with Gasteiger partial charge in [0.25, 0.3) is 0 Å². The Hall–Kier alpha value is 0.0569. The van der Waals surface area contributed by atoms with Crippen molar-refractivity contribution in [1.82, 2.24) is 0 Å². The summed E-state index contributed by atoms with van der Waals surface area (Å²) in [5, 5.41) is 0. The maximum Gasteiger partial charge on any atom is 0.500 e. The minimum absolute atomic E-state index is 0.115. The minimum atomic E-state index is -2.48. The molecule has 0 aromatic carbocycles. The van der Waals surface area contributed by atoms with Gasteiger partial charge >= 0.3 is 8.80 Å². The molecule has 0 aliphatic carbocycles. The van der Waals surface area contributed by atoms with Crippen LogP contribution >= 0.6 is 0 Å². The van der Waals surface area contributed by atoms with Crippen LogP contribution in [0.1, 0.15) is 41.0 Å². The molecule has 0 saturated heterocycles. The third-order valence-corrected chi connectivity index (χ3v) is 5.80. The van der Waals surface area contributed by atoms with Crippen LogP contribution in [-0.4, -0.2) is 35.2 Å². The fraction of sp³-hybridized carbons (Fsp3) is 1.00. The zero-order valence-electron chi connectivity index (χ0n) is 12.0. The van der Waals surface area contributed by atoms with E-state index in [1.807, 2.05) is 20.8 Å². The molecule has 0 amide bonds. The Balaban J connectivity index is 4.53. The van der Waals surface area contributed by atoms with Crippen LogP contribution in [0.15, 0.2) is 0 Å². The van der Waals surface area contributed by atoms with Gasteiger partial charge in [-0.2, -0.15) is 0 Å². The lowest BCUT2D eigenvalue weighted by Gasteiger charge is -2.31. The van der Waals surface area contributed by atoms with E-state index in [1.54, 1.807) is 0 Å². The van der Waals surface area contributed by atoms with Gasteiger partial charge in [0.2, 0.25) is 0 Å². The van der Waals surface area contributed by atoms with Crippen molar-refractivity contribution in [2.45, 2.75) is 47.1 Å². The van der Waals surface area contributed by atoms with Gasteiger partial charge in [0, 0.05) is 25.9 Å². The molecule has 5 heteroatoms. The van der Waals surface area contributed by atoms with Gasteiger partial charge in [-0.05, 0) is 39.2 Å². The largest absolute Gasteiger partial charge is 0.500 e. The van der Waals surface area contributed by atoms with Crippen molar-refractivity contribution in [3.05, 3.63) is 0 Å². The Labute approximate surface area is 107 Å². The SMILES string of the molecule is CCO[Si](CCC(C)(C)CN)(OCC)OCC. The summed E-state index contributed by atoms with van der Waals surface area (Å²) in [5.74, 6) is 0. The summed E-state index contributed by atoms with van der Waals surface area (Å²) in [4.78, 5) is 0. The van der Waals surface area contributed by atoms with Crippen LogP contribution in [0.2, 0.25) is 6.04 Å². The second-order valence-corrected chi connectivity index (χ2v) is 7.58. The molecule has 0 aliphatic heterocycles. The first kappa shape index (κ1) is 17.1. The highest BCUT2D eigenvalue weighted by atomic mass is 28.4. The molecule has 2 N–H and O–H groups in total. The molecule has 0 heterocycles. The summed E-state index contributed by atoms with van der Waals surface area (Å²) in [6.45, 7) is 12.8. The lowest BCUT2D eigenvalue weighted by atomic mass is 9.91. The maximum absolute atomic E-state index is 5.80. The standard InChI is InChI=1S/C12H29NO3Si/c1-6-14-17(15-7-2,16-8-3)10-9-12(4,5)11-13/h6-11,13H2,1-5H3. The molecule has 0 spiro atoms. The maximum atomic E-state index is 5.80. The summed E-state index contributed by atoms with van der Waals surface area (Å²) in [6.07, 6.45) is 0.968. The smallest absolute Gasteiger partial charge is 0.374 e. The van der Waals surface area contributed by atoms with Gasteiger partial charge in [0.1, 0.15) is 0 Å². The Morgan fingerprint density at radius 1 is 0.941 bits per heavy atom. The van der Waals surface area contributed by atoms with E-state index < -0.39 is 8.80 Å². The number of nitrogens with two attached hydrogens (primary N) is 1. The molecule has 0 saturated carbocycles. The van der Waals surface area contributed by atoms with Crippen LogP contribution in [-0.2, 0) is 13.3 Å². The normalized spacial score (nSPS) is 13.1. The molecule has 0 rings (SSSR count). The first-order chi connectivity index (χ1) is 7.95.